The lowest BCUT2D eigenvalue weighted by Gasteiger charge is -2.16. The van der Waals surface area contributed by atoms with Crippen molar-refractivity contribution in [3.05, 3.63) is 60.2 Å². The number of esters is 1. The van der Waals surface area contributed by atoms with Gasteiger partial charge in [0.15, 0.2) is 6.61 Å². The van der Waals surface area contributed by atoms with Crippen LogP contribution < -0.4 is 10.1 Å². The van der Waals surface area contributed by atoms with Crippen LogP contribution in [0.15, 0.2) is 54.6 Å². The molecular weight excluding hydrogens is 360 g/mol. The summed E-state index contributed by atoms with van der Waals surface area (Å²) in [5.74, 6) is -0.938. The fraction of sp³-hybridized carbons (Fsp3) is 0.286. The van der Waals surface area contributed by atoms with Gasteiger partial charge in [-0.3, -0.25) is 14.4 Å². The zero-order chi connectivity index (χ0) is 19.9. The number of nitrogens with one attached hydrogen (secondary N) is 1. The Hall–Kier alpha value is -3.35. The molecule has 2 aromatic rings. The highest BCUT2D eigenvalue weighted by molar-refractivity contribution is 5.93. The molecule has 0 radical (unpaired) electrons. The van der Waals surface area contributed by atoms with Crippen molar-refractivity contribution in [2.45, 2.75) is 13.0 Å². The predicted octanol–water partition coefficient (Wildman–Crippen LogP) is 2.23. The third-order valence-electron chi connectivity index (χ3n) is 4.48. The molecule has 0 aliphatic carbocycles. The molecule has 1 fully saturated rings. The van der Waals surface area contributed by atoms with Crippen molar-refractivity contribution in [2.24, 2.45) is 5.92 Å². The highest BCUT2D eigenvalue weighted by atomic mass is 16.5. The summed E-state index contributed by atoms with van der Waals surface area (Å²) in [5, 5.41) is 2.64. The molecule has 1 N–H and O–H groups in total. The van der Waals surface area contributed by atoms with Crippen LogP contribution >= 0.6 is 0 Å². The average molecular weight is 382 g/mol. The van der Waals surface area contributed by atoms with Gasteiger partial charge >= 0.3 is 5.97 Å². The minimum Gasteiger partial charge on any atom is -0.497 e. The number of hydrogen-bond donors (Lipinski definition) is 1. The van der Waals surface area contributed by atoms with Crippen molar-refractivity contribution < 1.29 is 23.9 Å². The monoisotopic (exact) mass is 382 g/mol. The van der Waals surface area contributed by atoms with E-state index in [0.717, 1.165) is 5.56 Å². The summed E-state index contributed by atoms with van der Waals surface area (Å²) in [4.78, 5) is 38.0. The fourth-order valence-electron chi connectivity index (χ4n) is 3.01. The standard InChI is InChI=1S/C21H22N2O5/c1-27-18-9-7-17(8-10-18)22-19(24)14-28-21(26)16-11-20(25)23(13-16)12-15-5-3-2-4-6-15/h2-10,16H,11-14H2,1H3,(H,22,24)/t16-/m0/s1. The number of carbonyl (C=O) groups excluding carboxylic acids is 3. The van der Waals surface area contributed by atoms with Crippen molar-refractivity contribution in [1.82, 2.24) is 4.90 Å². The van der Waals surface area contributed by atoms with Gasteiger partial charge in [0.05, 0.1) is 13.0 Å². The number of benzene rings is 2. The van der Waals surface area contributed by atoms with Gasteiger partial charge in [-0.25, -0.2) is 0 Å². The third kappa shape index (κ3) is 5.09. The molecule has 28 heavy (non-hydrogen) atoms. The maximum absolute atomic E-state index is 12.2. The average Bonchev–Trinajstić information content (AvgIpc) is 3.08. The first kappa shape index (κ1) is 19.4. The van der Waals surface area contributed by atoms with Crippen molar-refractivity contribution in [3.8, 4) is 5.75 Å². The van der Waals surface area contributed by atoms with Gasteiger partial charge in [0.25, 0.3) is 5.91 Å². The van der Waals surface area contributed by atoms with Gasteiger partial charge in [-0.15, -0.1) is 0 Å². The Morgan fingerprint density at radius 2 is 1.82 bits per heavy atom. The summed E-state index contributed by atoms with van der Waals surface area (Å²) in [6.45, 7) is 0.363. The highest BCUT2D eigenvalue weighted by Gasteiger charge is 2.35. The SMILES string of the molecule is COc1ccc(NC(=O)COC(=O)[C@H]2CC(=O)N(Cc3ccccc3)C2)cc1. The van der Waals surface area contributed by atoms with E-state index < -0.39 is 24.4 Å². The molecule has 0 unspecified atom stereocenters. The molecule has 2 aromatic carbocycles. The van der Waals surface area contributed by atoms with E-state index in [2.05, 4.69) is 5.32 Å². The molecule has 0 bridgehead atoms. The lowest BCUT2D eigenvalue weighted by atomic mass is 10.1. The Morgan fingerprint density at radius 3 is 2.50 bits per heavy atom. The van der Waals surface area contributed by atoms with E-state index in [1.54, 1.807) is 36.3 Å². The number of ether oxygens (including phenoxy) is 2. The number of carbonyl (C=O) groups is 3. The molecule has 7 heteroatoms. The smallest absolute Gasteiger partial charge is 0.311 e. The van der Waals surface area contributed by atoms with Crippen LogP contribution in [0.1, 0.15) is 12.0 Å². The molecule has 0 aromatic heterocycles. The van der Waals surface area contributed by atoms with Gasteiger partial charge in [-0.05, 0) is 29.8 Å². The molecule has 1 aliphatic heterocycles. The molecule has 146 valence electrons. The van der Waals surface area contributed by atoms with Gasteiger partial charge in [0.2, 0.25) is 5.91 Å². The molecule has 0 saturated carbocycles. The van der Waals surface area contributed by atoms with Crippen LogP contribution in [0, 0.1) is 5.92 Å². The maximum atomic E-state index is 12.2. The maximum Gasteiger partial charge on any atom is 0.311 e. The van der Waals surface area contributed by atoms with Crippen LogP contribution in [0.4, 0.5) is 5.69 Å². The summed E-state index contributed by atoms with van der Waals surface area (Å²) < 4.78 is 10.1. The number of nitrogens with zero attached hydrogens (tertiary/aromatic N) is 1. The quantitative estimate of drug-likeness (QED) is 0.743. The van der Waals surface area contributed by atoms with Crippen molar-refractivity contribution in [1.29, 1.82) is 0 Å². The van der Waals surface area contributed by atoms with E-state index in [0.29, 0.717) is 24.5 Å². The summed E-state index contributed by atoms with van der Waals surface area (Å²) in [7, 11) is 1.56. The second kappa shape index (κ2) is 9.03. The molecule has 1 aliphatic rings. The van der Waals surface area contributed by atoms with E-state index in [9.17, 15) is 14.4 Å². The van der Waals surface area contributed by atoms with Crippen molar-refractivity contribution >= 4 is 23.5 Å². The first-order chi connectivity index (χ1) is 13.5. The van der Waals surface area contributed by atoms with Crippen molar-refractivity contribution in [3.63, 3.8) is 0 Å². The number of anilines is 1. The summed E-state index contributed by atoms with van der Waals surface area (Å²) >= 11 is 0. The van der Waals surface area contributed by atoms with Gasteiger partial charge in [-0.2, -0.15) is 0 Å². The molecular formula is C21H22N2O5. The minimum absolute atomic E-state index is 0.0894. The number of methoxy groups -OCH3 is 1. The Labute approximate surface area is 163 Å². The summed E-state index contributed by atoms with van der Waals surface area (Å²) in [5.41, 5.74) is 1.58. The Balaban J connectivity index is 1.45. The second-order valence-corrected chi connectivity index (χ2v) is 6.55. The normalized spacial score (nSPS) is 16.0. The van der Waals surface area contributed by atoms with E-state index in [-0.39, 0.29) is 12.3 Å². The van der Waals surface area contributed by atoms with E-state index in [4.69, 9.17) is 9.47 Å². The zero-order valence-corrected chi connectivity index (χ0v) is 15.6. The Kier molecular flexibility index (Phi) is 6.26. The Morgan fingerprint density at radius 1 is 1.11 bits per heavy atom. The third-order valence-corrected chi connectivity index (χ3v) is 4.48. The number of likely N-dealkylation sites (tertiary alicyclic amines) is 1. The fourth-order valence-corrected chi connectivity index (χ4v) is 3.01. The number of hydrogen-bond acceptors (Lipinski definition) is 5. The first-order valence-corrected chi connectivity index (χ1v) is 8.97. The van der Waals surface area contributed by atoms with Crippen LogP contribution in [0.2, 0.25) is 0 Å². The van der Waals surface area contributed by atoms with Crippen LogP contribution in [-0.4, -0.2) is 42.9 Å². The molecule has 7 nitrogen and oxygen atoms in total. The number of rotatable bonds is 7. The van der Waals surface area contributed by atoms with Crippen molar-refractivity contribution in [2.75, 3.05) is 25.6 Å². The highest BCUT2D eigenvalue weighted by Crippen LogP contribution is 2.21. The van der Waals surface area contributed by atoms with E-state index >= 15 is 0 Å². The molecule has 1 atom stereocenters. The van der Waals surface area contributed by atoms with Gasteiger partial charge in [0, 0.05) is 25.2 Å². The molecule has 0 spiro atoms. The molecule has 1 heterocycles. The number of amides is 2. The summed E-state index contributed by atoms with van der Waals surface area (Å²) in [6, 6.07) is 16.4. The molecule has 3 rings (SSSR count). The predicted molar refractivity (Wildman–Crippen MR) is 103 cm³/mol. The lowest BCUT2D eigenvalue weighted by Crippen LogP contribution is -2.28. The van der Waals surface area contributed by atoms with Crippen LogP contribution in [0.3, 0.4) is 0 Å². The van der Waals surface area contributed by atoms with Crippen LogP contribution in [0.25, 0.3) is 0 Å². The lowest BCUT2D eigenvalue weighted by molar-refractivity contribution is -0.151. The molecule has 2 amide bonds. The minimum atomic E-state index is -0.551. The molecule has 1 saturated heterocycles. The van der Waals surface area contributed by atoms with E-state index in [1.165, 1.54) is 0 Å². The van der Waals surface area contributed by atoms with Crippen LogP contribution in [0.5, 0.6) is 5.75 Å². The largest absolute Gasteiger partial charge is 0.497 e. The topological polar surface area (TPSA) is 84.9 Å². The first-order valence-electron chi connectivity index (χ1n) is 8.97. The van der Waals surface area contributed by atoms with Gasteiger partial charge in [0.1, 0.15) is 5.75 Å². The van der Waals surface area contributed by atoms with Gasteiger partial charge < -0.3 is 19.7 Å². The second-order valence-electron chi connectivity index (χ2n) is 6.55. The summed E-state index contributed by atoms with van der Waals surface area (Å²) in [6.07, 6.45) is 0.103. The van der Waals surface area contributed by atoms with E-state index in [1.807, 2.05) is 30.3 Å². The van der Waals surface area contributed by atoms with Crippen LogP contribution in [-0.2, 0) is 25.7 Å². The Bertz CT molecular complexity index is 836. The zero-order valence-electron chi connectivity index (χ0n) is 15.6. The van der Waals surface area contributed by atoms with Gasteiger partial charge in [-0.1, -0.05) is 30.3 Å².